The Labute approximate surface area is 61.9 Å². The van der Waals surface area contributed by atoms with Gasteiger partial charge in [0.15, 0.2) is 0 Å². The Morgan fingerprint density at radius 3 is 2.20 bits per heavy atom. The lowest BCUT2D eigenvalue weighted by molar-refractivity contribution is -0.119. The van der Waals surface area contributed by atoms with E-state index in [9.17, 15) is 4.79 Å². The number of carbonyl (C=O) groups excluding carboxylic acids is 1. The average molecular weight is 142 g/mol. The van der Waals surface area contributed by atoms with E-state index in [1.165, 1.54) is 0 Å². The van der Waals surface area contributed by atoms with Gasteiger partial charge in [0.25, 0.3) is 0 Å². The maximum atomic E-state index is 10.5. The SMILES string of the molecule is C=C[C@@H](OC)C(C)(C)C=O. The lowest BCUT2D eigenvalue weighted by Crippen LogP contribution is -2.30. The van der Waals surface area contributed by atoms with Gasteiger partial charge < -0.3 is 9.53 Å². The second-order valence-corrected chi connectivity index (χ2v) is 2.83. The van der Waals surface area contributed by atoms with E-state index in [1.54, 1.807) is 13.2 Å². The topological polar surface area (TPSA) is 26.3 Å². The number of methoxy groups -OCH3 is 1. The zero-order chi connectivity index (χ0) is 8.20. The van der Waals surface area contributed by atoms with E-state index in [0.717, 1.165) is 6.29 Å². The molecular weight excluding hydrogens is 128 g/mol. The Morgan fingerprint density at radius 2 is 2.10 bits per heavy atom. The Bertz CT molecular complexity index is 127. The Morgan fingerprint density at radius 1 is 1.60 bits per heavy atom. The van der Waals surface area contributed by atoms with E-state index in [-0.39, 0.29) is 6.10 Å². The normalized spacial score (nSPS) is 14.3. The highest BCUT2D eigenvalue weighted by Crippen LogP contribution is 2.20. The number of ether oxygens (including phenoxy) is 1. The smallest absolute Gasteiger partial charge is 0.128 e. The van der Waals surface area contributed by atoms with Crippen LogP contribution in [0.15, 0.2) is 12.7 Å². The van der Waals surface area contributed by atoms with Gasteiger partial charge in [-0.25, -0.2) is 0 Å². The minimum Gasteiger partial charge on any atom is -0.376 e. The fourth-order valence-electron chi connectivity index (χ4n) is 0.771. The highest BCUT2D eigenvalue weighted by molar-refractivity contribution is 5.59. The van der Waals surface area contributed by atoms with Gasteiger partial charge in [0, 0.05) is 7.11 Å². The van der Waals surface area contributed by atoms with Crippen molar-refractivity contribution in [1.82, 2.24) is 0 Å². The molecule has 0 N–H and O–H groups in total. The van der Waals surface area contributed by atoms with Gasteiger partial charge in [0.2, 0.25) is 0 Å². The summed E-state index contributed by atoms with van der Waals surface area (Å²) < 4.78 is 5.01. The average Bonchev–Trinajstić information content (AvgIpc) is 1.90. The van der Waals surface area contributed by atoms with Crippen molar-refractivity contribution in [3.63, 3.8) is 0 Å². The van der Waals surface area contributed by atoms with Crippen molar-refractivity contribution in [2.24, 2.45) is 5.41 Å². The van der Waals surface area contributed by atoms with Crippen LogP contribution in [0.3, 0.4) is 0 Å². The number of aldehydes is 1. The number of carbonyl (C=O) groups is 1. The maximum Gasteiger partial charge on any atom is 0.128 e. The van der Waals surface area contributed by atoms with Crippen LogP contribution >= 0.6 is 0 Å². The summed E-state index contributed by atoms with van der Waals surface area (Å²) in [6, 6.07) is 0. The molecule has 0 amide bonds. The van der Waals surface area contributed by atoms with Gasteiger partial charge in [-0.1, -0.05) is 19.9 Å². The predicted octanol–water partition coefficient (Wildman–Crippen LogP) is 1.41. The van der Waals surface area contributed by atoms with Crippen LogP contribution in [-0.4, -0.2) is 19.5 Å². The molecule has 0 aromatic carbocycles. The Kier molecular flexibility index (Phi) is 3.30. The van der Waals surface area contributed by atoms with E-state index in [0.29, 0.717) is 0 Å². The fourth-order valence-corrected chi connectivity index (χ4v) is 0.771. The number of hydrogen-bond donors (Lipinski definition) is 0. The molecule has 1 atom stereocenters. The quantitative estimate of drug-likeness (QED) is 0.438. The first-order valence-electron chi connectivity index (χ1n) is 3.20. The highest BCUT2D eigenvalue weighted by atomic mass is 16.5. The van der Waals surface area contributed by atoms with Crippen molar-refractivity contribution in [2.45, 2.75) is 20.0 Å². The van der Waals surface area contributed by atoms with Crippen LogP contribution in [0, 0.1) is 5.41 Å². The molecule has 10 heavy (non-hydrogen) atoms. The van der Waals surface area contributed by atoms with Crippen LogP contribution in [0.5, 0.6) is 0 Å². The number of hydrogen-bond acceptors (Lipinski definition) is 2. The van der Waals surface area contributed by atoms with E-state index in [4.69, 9.17) is 4.74 Å². The van der Waals surface area contributed by atoms with E-state index in [2.05, 4.69) is 6.58 Å². The summed E-state index contributed by atoms with van der Waals surface area (Å²) >= 11 is 0. The molecule has 0 aromatic rings. The third-order valence-electron chi connectivity index (χ3n) is 1.51. The zero-order valence-electron chi connectivity index (χ0n) is 6.76. The molecule has 0 rings (SSSR count). The molecule has 0 aromatic heterocycles. The van der Waals surface area contributed by atoms with Crippen molar-refractivity contribution in [3.05, 3.63) is 12.7 Å². The van der Waals surface area contributed by atoms with E-state index >= 15 is 0 Å². The third kappa shape index (κ3) is 1.95. The molecule has 0 fully saturated rings. The third-order valence-corrected chi connectivity index (χ3v) is 1.51. The van der Waals surface area contributed by atoms with Crippen LogP contribution < -0.4 is 0 Å². The molecule has 0 aliphatic heterocycles. The molecule has 0 bridgehead atoms. The van der Waals surface area contributed by atoms with E-state index < -0.39 is 5.41 Å². The van der Waals surface area contributed by atoms with Gasteiger partial charge in [0.1, 0.15) is 6.29 Å². The first-order chi connectivity index (χ1) is 4.58. The molecule has 58 valence electrons. The van der Waals surface area contributed by atoms with Crippen molar-refractivity contribution >= 4 is 6.29 Å². The summed E-state index contributed by atoms with van der Waals surface area (Å²) in [5.41, 5.74) is -0.462. The Hall–Kier alpha value is -0.630. The zero-order valence-corrected chi connectivity index (χ0v) is 6.76. The summed E-state index contributed by atoms with van der Waals surface area (Å²) in [6.45, 7) is 7.19. The van der Waals surface area contributed by atoms with E-state index in [1.807, 2.05) is 13.8 Å². The number of rotatable bonds is 4. The molecule has 0 saturated carbocycles. The molecular formula is C8H14O2. The summed E-state index contributed by atoms with van der Waals surface area (Å²) in [5.74, 6) is 0. The molecule has 0 unspecified atom stereocenters. The van der Waals surface area contributed by atoms with Crippen molar-refractivity contribution in [2.75, 3.05) is 7.11 Å². The van der Waals surface area contributed by atoms with Gasteiger partial charge in [0.05, 0.1) is 11.5 Å². The largest absolute Gasteiger partial charge is 0.376 e. The van der Waals surface area contributed by atoms with Crippen LogP contribution in [0.1, 0.15) is 13.8 Å². The Balaban J connectivity index is 4.24. The first-order valence-corrected chi connectivity index (χ1v) is 3.20. The van der Waals surface area contributed by atoms with Crippen LogP contribution in [0.4, 0.5) is 0 Å². The first kappa shape index (κ1) is 9.37. The van der Waals surface area contributed by atoms with Gasteiger partial charge in [-0.3, -0.25) is 0 Å². The van der Waals surface area contributed by atoms with Gasteiger partial charge in [-0.05, 0) is 0 Å². The van der Waals surface area contributed by atoms with Crippen molar-refractivity contribution in [3.8, 4) is 0 Å². The minimum absolute atomic E-state index is 0.190. The van der Waals surface area contributed by atoms with Crippen molar-refractivity contribution in [1.29, 1.82) is 0 Å². The molecule has 2 heteroatoms. The van der Waals surface area contributed by atoms with Crippen molar-refractivity contribution < 1.29 is 9.53 Å². The van der Waals surface area contributed by atoms with Gasteiger partial charge in [-0.2, -0.15) is 0 Å². The maximum absolute atomic E-state index is 10.5. The molecule has 0 radical (unpaired) electrons. The lowest BCUT2D eigenvalue weighted by atomic mass is 9.88. The standard InChI is InChI=1S/C8H14O2/c1-5-7(10-4)8(2,3)6-9/h5-7H,1H2,2-4H3/t7-/m1/s1. The molecule has 0 heterocycles. The fraction of sp³-hybridized carbons (Fsp3) is 0.625. The predicted molar refractivity (Wildman–Crippen MR) is 40.8 cm³/mol. The minimum atomic E-state index is -0.462. The monoisotopic (exact) mass is 142 g/mol. The molecule has 0 saturated heterocycles. The van der Waals surface area contributed by atoms with Crippen LogP contribution in [0.25, 0.3) is 0 Å². The second kappa shape index (κ2) is 3.52. The van der Waals surface area contributed by atoms with Gasteiger partial charge in [-0.15, -0.1) is 6.58 Å². The summed E-state index contributed by atoms with van der Waals surface area (Å²) in [7, 11) is 1.57. The summed E-state index contributed by atoms with van der Waals surface area (Å²) in [5, 5.41) is 0. The van der Waals surface area contributed by atoms with Crippen LogP contribution in [-0.2, 0) is 9.53 Å². The van der Waals surface area contributed by atoms with Crippen LogP contribution in [0.2, 0.25) is 0 Å². The molecule has 0 spiro atoms. The molecule has 0 aliphatic carbocycles. The molecule has 0 aliphatic rings. The summed E-state index contributed by atoms with van der Waals surface area (Å²) in [4.78, 5) is 10.5. The lowest BCUT2D eigenvalue weighted by Gasteiger charge is -2.24. The second-order valence-electron chi connectivity index (χ2n) is 2.83. The highest BCUT2D eigenvalue weighted by Gasteiger charge is 2.26. The molecule has 2 nitrogen and oxygen atoms in total. The summed E-state index contributed by atoms with van der Waals surface area (Å²) in [6.07, 6.45) is 2.32. The van der Waals surface area contributed by atoms with Gasteiger partial charge >= 0.3 is 0 Å².